The summed E-state index contributed by atoms with van der Waals surface area (Å²) in [6.45, 7) is 3.83. The van der Waals surface area contributed by atoms with Gasteiger partial charge in [0.05, 0.1) is 11.4 Å². The fourth-order valence-corrected chi connectivity index (χ4v) is 4.87. The summed E-state index contributed by atoms with van der Waals surface area (Å²) in [5, 5.41) is 5.19. The molecule has 6 rings (SSSR count). The van der Waals surface area contributed by atoms with E-state index >= 15 is 0 Å². The summed E-state index contributed by atoms with van der Waals surface area (Å²) >= 11 is 0. The first kappa shape index (κ1) is 18.2. The molecule has 0 bridgehead atoms. The molecule has 1 aliphatic heterocycles. The molecule has 0 saturated carbocycles. The van der Waals surface area contributed by atoms with Crippen molar-refractivity contribution in [3.8, 4) is 16.9 Å². The summed E-state index contributed by atoms with van der Waals surface area (Å²) in [4.78, 5) is 9.36. The fraction of sp³-hybridized carbons (Fsp3) is 0.231. The van der Waals surface area contributed by atoms with E-state index in [1.54, 1.807) is 0 Å². The molecular weight excluding hydrogens is 382 g/mol. The second-order valence-corrected chi connectivity index (χ2v) is 8.22. The van der Waals surface area contributed by atoms with Crippen LogP contribution in [0.25, 0.3) is 16.9 Å². The highest BCUT2D eigenvalue weighted by Gasteiger charge is 2.29. The van der Waals surface area contributed by atoms with Crippen LogP contribution in [0, 0.1) is 0 Å². The van der Waals surface area contributed by atoms with Crippen molar-refractivity contribution in [3.05, 3.63) is 90.1 Å². The van der Waals surface area contributed by atoms with Gasteiger partial charge in [0.1, 0.15) is 5.82 Å². The lowest BCUT2D eigenvalue weighted by Crippen LogP contribution is -2.47. The molecule has 0 radical (unpaired) electrons. The van der Waals surface area contributed by atoms with E-state index in [4.69, 9.17) is 5.10 Å². The van der Waals surface area contributed by atoms with Crippen molar-refractivity contribution in [1.82, 2.24) is 14.8 Å². The molecule has 0 N–H and O–H groups in total. The molecule has 2 aromatic carbocycles. The van der Waals surface area contributed by atoms with Crippen LogP contribution < -0.4 is 9.80 Å². The summed E-state index contributed by atoms with van der Waals surface area (Å²) < 4.78 is 2.16. The van der Waals surface area contributed by atoms with E-state index in [1.165, 1.54) is 22.4 Å². The van der Waals surface area contributed by atoms with Crippen molar-refractivity contribution in [2.24, 2.45) is 0 Å². The largest absolute Gasteiger partial charge is 0.353 e. The number of piperazine rings is 1. The average molecular weight is 408 g/mol. The number of nitrogens with zero attached hydrogens (tertiary/aromatic N) is 5. The number of fused-ring (bicyclic) bond motifs is 3. The van der Waals surface area contributed by atoms with E-state index < -0.39 is 0 Å². The Kier molecular flexibility index (Phi) is 4.45. The van der Waals surface area contributed by atoms with Crippen molar-refractivity contribution in [3.63, 3.8) is 0 Å². The Morgan fingerprint density at radius 2 is 1.42 bits per heavy atom. The standard InChI is InChI=1S/C26H25N5/c1-2-9-21(10-3-1)31-25-22-11-5-4-8-20(22)13-14-23(25)26(28-31)30-18-16-29(17-19-30)24-12-6-7-15-27-24/h1-12,15H,13-14,16-19H2. The van der Waals surface area contributed by atoms with E-state index in [0.29, 0.717) is 0 Å². The van der Waals surface area contributed by atoms with Gasteiger partial charge in [-0.25, -0.2) is 9.67 Å². The van der Waals surface area contributed by atoms with Gasteiger partial charge in [-0.05, 0) is 42.7 Å². The molecule has 1 saturated heterocycles. The zero-order valence-electron chi connectivity index (χ0n) is 17.5. The molecule has 0 spiro atoms. The van der Waals surface area contributed by atoms with Gasteiger partial charge in [-0.1, -0.05) is 48.5 Å². The summed E-state index contributed by atoms with van der Waals surface area (Å²) in [5.41, 5.74) is 6.50. The highest BCUT2D eigenvalue weighted by molar-refractivity contribution is 5.77. The highest BCUT2D eigenvalue weighted by Crippen LogP contribution is 2.40. The van der Waals surface area contributed by atoms with Gasteiger partial charge in [0.25, 0.3) is 0 Å². The van der Waals surface area contributed by atoms with Gasteiger partial charge >= 0.3 is 0 Å². The number of hydrogen-bond acceptors (Lipinski definition) is 4. The third-order valence-corrected chi connectivity index (χ3v) is 6.43. The molecule has 1 fully saturated rings. The van der Waals surface area contributed by atoms with Crippen LogP contribution in [0.15, 0.2) is 79.0 Å². The van der Waals surface area contributed by atoms with Crippen molar-refractivity contribution < 1.29 is 0 Å². The van der Waals surface area contributed by atoms with Crippen molar-refractivity contribution in [2.75, 3.05) is 36.0 Å². The van der Waals surface area contributed by atoms with Gasteiger partial charge in [-0.2, -0.15) is 0 Å². The minimum absolute atomic E-state index is 0.955. The fourth-order valence-electron chi connectivity index (χ4n) is 4.87. The van der Waals surface area contributed by atoms with E-state index in [-0.39, 0.29) is 0 Å². The second kappa shape index (κ2) is 7.58. The van der Waals surface area contributed by atoms with Gasteiger partial charge in [-0.15, -0.1) is 5.10 Å². The zero-order valence-corrected chi connectivity index (χ0v) is 17.5. The quantitative estimate of drug-likeness (QED) is 0.506. The predicted molar refractivity (Wildman–Crippen MR) is 125 cm³/mol. The minimum atomic E-state index is 0.955. The number of rotatable bonds is 3. The van der Waals surface area contributed by atoms with Crippen molar-refractivity contribution >= 4 is 11.6 Å². The minimum Gasteiger partial charge on any atom is -0.353 e. The van der Waals surface area contributed by atoms with Gasteiger partial charge in [0.15, 0.2) is 5.82 Å². The molecule has 154 valence electrons. The normalized spacial score (nSPS) is 15.5. The van der Waals surface area contributed by atoms with E-state index in [1.807, 2.05) is 12.3 Å². The van der Waals surface area contributed by atoms with E-state index in [2.05, 4.69) is 86.2 Å². The molecule has 5 heteroatoms. The van der Waals surface area contributed by atoms with Crippen molar-refractivity contribution in [2.45, 2.75) is 12.8 Å². The van der Waals surface area contributed by atoms with Crippen LogP contribution >= 0.6 is 0 Å². The third-order valence-electron chi connectivity index (χ3n) is 6.43. The van der Waals surface area contributed by atoms with Crippen LogP contribution in [0.2, 0.25) is 0 Å². The average Bonchev–Trinajstić information content (AvgIpc) is 3.25. The first-order valence-corrected chi connectivity index (χ1v) is 11.0. The Hall–Kier alpha value is -3.60. The highest BCUT2D eigenvalue weighted by atomic mass is 15.4. The Morgan fingerprint density at radius 3 is 2.23 bits per heavy atom. The maximum Gasteiger partial charge on any atom is 0.155 e. The lowest BCUT2D eigenvalue weighted by atomic mass is 9.89. The molecule has 2 aliphatic rings. The van der Waals surface area contributed by atoms with Crippen LogP contribution in [0.4, 0.5) is 11.6 Å². The molecule has 3 heterocycles. The van der Waals surface area contributed by atoms with Gasteiger partial charge in [-0.3, -0.25) is 0 Å². The number of aryl methyl sites for hydroxylation is 1. The van der Waals surface area contributed by atoms with Gasteiger partial charge in [0, 0.05) is 43.5 Å². The molecule has 0 unspecified atom stereocenters. The number of aromatic nitrogens is 3. The number of hydrogen-bond donors (Lipinski definition) is 0. The molecule has 31 heavy (non-hydrogen) atoms. The van der Waals surface area contributed by atoms with Crippen LogP contribution in [0.1, 0.15) is 11.1 Å². The Bertz CT molecular complexity index is 1190. The smallest absolute Gasteiger partial charge is 0.155 e. The number of pyridine rings is 1. The molecule has 1 aliphatic carbocycles. The van der Waals surface area contributed by atoms with Crippen LogP contribution in [-0.2, 0) is 12.8 Å². The van der Waals surface area contributed by atoms with Gasteiger partial charge < -0.3 is 9.80 Å². The molecule has 0 atom stereocenters. The molecule has 0 amide bonds. The SMILES string of the molecule is c1ccc(-n2nc(N3CCN(c4ccccn4)CC3)c3c2-c2ccccc2CC3)cc1. The maximum atomic E-state index is 5.19. The first-order valence-electron chi connectivity index (χ1n) is 11.0. The predicted octanol–water partition coefficient (Wildman–Crippen LogP) is 4.36. The van der Waals surface area contributed by atoms with Crippen LogP contribution in [0.3, 0.4) is 0 Å². The molecular formula is C26H25N5. The third kappa shape index (κ3) is 3.17. The monoisotopic (exact) mass is 407 g/mol. The first-order chi connectivity index (χ1) is 15.4. The summed E-state index contributed by atoms with van der Waals surface area (Å²) in [5.74, 6) is 2.21. The van der Waals surface area contributed by atoms with Crippen LogP contribution in [0.5, 0.6) is 0 Å². The van der Waals surface area contributed by atoms with Crippen LogP contribution in [-0.4, -0.2) is 40.9 Å². The Morgan fingerprint density at radius 1 is 0.677 bits per heavy atom. The topological polar surface area (TPSA) is 37.2 Å². The molecule has 2 aromatic heterocycles. The van der Waals surface area contributed by atoms with Crippen molar-refractivity contribution in [1.29, 1.82) is 0 Å². The lowest BCUT2D eigenvalue weighted by Gasteiger charge is -2.36. The van der Waals surface area contributed by atoms with E-state index in [0.717, 1.165) is 56.3 Å². The Labute approximate surface area is 182 Å². The summed E-state index contributed by atoms with van der Waals surface area (Å²) in [6, 6.07) is 25.4. The number of anilines is 2. The number of para-hydroxylation sites is 1. The Balaban J connectivity index is 1.38. The van der Waals surface area contributed by atoms with Gasteiger partial charge in [0.2, 0.25) is 0 Å². The number of benzene rings is 2. The molecule has 4 aromatic rings. The summed E-state index contributed by atoms with van der Waals surface area (Å²) in [7, 11) is 0. The summed E-state index contributed by atoms with van der Waals surface area (Å²) in [6.07, 6.45) is 3.98. The second-order valence-electron chi connectivity index (χ2n) is 8.22. The lowest BCUT2D eigenvalue weighted by molar-refractivity contribution is 0.636. The zero-order chi connectivity index (χ0) is 20.6. The molecule has 5 nitrogen and oxygen atoms in total. The van der Waals surface area contributed by atoms with E-state index in [9.17, 15) is 0 Å². The maximum absolute atomic E-state index is 5.19.